The summed E-state index contributed by atoms with van der Waals surface area (Å²) in [7, 11) is 0. The fourth-order valence-electron chi connectivity index (χ4n) is 0.896. The third-order valence-corrected chi connectivity index (χ3v) is 1.72. The summed E-state index contributed by atoms with van der Waals surface area (Å²) >= 11 is 0. The Morgan fingerprint density at radius 1 is 1.62 bits per heavy atom. The third kappa shape index (κ3) is 0.771. The van der Waals surface area contributed by atoms with E-state index in [0.717, 1.165) is 12.8 Å². The van der Waals surface area contributed by atoms with Crippen molar-refractivity contribution in [2.75, 3.05) is 0 Å². The molecule has 0 N–H and O–H groups in total. The van der Waals surface area contributed by atoms with Gasteiger partial charge in [-0.2, -0.15) is 0 Å². The molecule has 0 aromatic carbocycles. The van der Waals surface area contributed by atoms with Crippen molar-refractivity contribution in [2.24, 2.45) is 5.11 Å². The fraction of sp³-hybridized carbons (Fsp3) is 1.00. The van der Waals surface area contributed by atoms with E-state index in [2.05, 4.69) is 10.0 Å². The number of hydrogen-bond donors (Lipinski definition) is 0. The molecular weight excluding hydrogens is 102 g/mol. The molecule has 0 saturated heterocycles. The highest BCUT2D eigenvalue weighted by molar-refractivity contribution is 4.91. The molecule has 0 spiro atoms. The quantitative estimate of drug-likeness (QED) is 0.283. The lowest BCUT2D eigenvalue weighted by Crippen LogP contribution is -2.29. The van der Waals surface area contributed by atoms with Gasteiger partial charge in [-0.1, -0.05) is 18.5 Å². The smallest absolute Gasteiger partial charge is 0.0460 e. The first-order valence-corrected chi connectivity index (χ1v) is 2.83. The van der Waals surface area contributed by atoms with Crippen LogP contribution in [0.2, 0.25) is 0 Å². The summed E-state index contributed by atoms with van der Waals surface area (Å²) in [5.74, 6) is 0. The first-order valence-electron chi connectivity index (χ1n) is 2.83. The van der Waals surface area contributed by atoms with Gasteiger partial charge in [-0.25, -0.2) is 0 Å². The maximum atomic E-state index is 8.03. The summed E-state index contributed by atoms with van der Waals surface area (Å²) < 4.78 is 0. The Balaban J connectivity index is 2.53. The van der Waals surface area contributed by atoms with Crippen LogP contribution in [-0.4, -0.2) is 5.54 Å². The Bertz CT molecular complexity index is 131. The van der Waals surface area contributed by atoms with Crippen LogP contribution in [0.4, 0.5) is 0 Å². The van der Waals surface area contributed by atoms with Crippen LogP contribution in [0.3, 0.4) is 0 Å². The molecule has 8 heavy (non-hydrogen) atoms. The molecule has 0 radical (unpaired) electrons. The highest BCUT2D eigenvalue weighted by Crippen LogP contribution is 2.34. The highest BCUT2D eigenvalue weighted by atomic mass is 15.2. The van der Waals surface area contributed by atoms with Gasteiger partial charge < -0.3 is 0 Å². The van der Waals surface area contributed by atoms with Crippen LogP contribution in [0, 0.1) is 0 Å². The predicted molar refractivity (Wildman–Crippen MR) is 31.4 cm³/mol. The first-order chi connectivity index (χ1) is 3.77. The molecule has 0 amide bonds. The normalized spacial score (nSPS) is 23.1. The molecule has 0 aliphatic heterocycles. The van der Waals surface area contributed by atoms with E-state index in [1.807, 2.05) is 6.92 Å². The van der Waals surface area contributed by atoms with Crippen LogP contribution in [0.5, 0.6) is 0 Å². The van der Waals surface area contributed by atoms with E-state index in [0.29, 0.717) is 0 Å². The summed E-state index contributed by atoms with van der Waals surface area (Å²) in [6, 6.07) is 0. The fourth-order valence-corrected chi connectivity index (χ4v) is 0.896. The summed E-state index contributed by atoms with van der Waals surface area (Å²) in [6.07, 6.45) is 3.35. The van der Waals surface area contributed by atoms with Gasteiger partial charge >= 0.3 is 0 Å². The van der Waals surface area contributed by atoms with Gasteiger partial charge in [0.05, 0.1) is 0 Å². The maximum Gasteiger partial charge on any atom is 0.0460 e. The summed E-state index contributed by atoms with van der Waals surface area (Å²) in [5.41, 5.74) is 8.01. The molecule has 44 valence electrons. The van der Waals surface area contributed by atoms with E-state index in [9.17, 15) is 0 Å². The van der Waals surface area contributed by atoms with E-state index < -0.39 is 0 Å². The summed E-state index contributed by atoms with van der Waals surface area (Å²) in [5, 5.41) is 3.64. The molecule has 3 nitrogen and oxygen atoms in total. The van der Waals surface area contributed by atoms with Crippen molar-refractivity contribution < 1.29 is 0 Å². The zero-order valence-electron chi connectivity index (χ0n) is 4.96. The monoisotopic (exact) mass is 111 g/mol. The average Bonchev–Trinajstić information content (AvgIpc) is 1.64. The molecule has 0 aromatic rings. The molecule has 1 aliphatic carbocycles. The molecule has 0 bridgehead atoms. The van der Waals surface area contributed by atoms with Gasteiger partial charge in [0.25, 0.3) is 0 Å². The van der Waals surface area contributed by atoms with Crippen molar-refractivity contribution >= 4 is 0 Å². The van der Waals surface area contributed by atoms with E-state index >= 15 is 0 Å². The van der Waals surface area contributed by atoms with Gasteiger partial charge in [0, 0.05) is 10.5 Å². The van der Waals surface area contributed by atoms with E-state index in [1.165, 1.54) is 6.42 Å². The molecule has 1 rings (SSSR count). The van der Waals surface area contributed by atoms with E-state index in [4.69, 9.17) is 5.53 Å². The zero-order chi connectivity index (χ0) is 6.04. The molecule has 0 heterocycles. The van der Waals surface area contributed by atoms with Crippen LogP contribution >= 0.6 is 0 Å². The Morgan fingerprint density at radius 3 is 2.38 bits per heavy atom. The lowest BCUT2D eigenvalue weighted by atomic mass is 9.80. The topological polar surface area (TPSA) is 48.8 Å². The molecule has 1 saturated carbocycles. The first kappa shape index (κ1) is 5.45. The molecule has 1 fully saturated rings. The molecular formula is C5H9N3. The van der Waals surface area contributed by atoms with Crippen LogP contribution < -0.4 is 0 Å². The molecule has 0 unspecified atom stereocenters. The molecule has 3 heteroatoms. The second kappa shape index (κ2) is 1.67. The van der Waals surface area contributed by atoms with Crippen molar-refractivity contribution in [3.8, 4) is 0 Å². The predicted octanol–water partition coefficient (Wildman–Crippen LogP) is 2.24. The number of azide groups is 1. The van der Waals surface area contributed by atoms with Gasteiger partial charge in [0.1, 0.15) is 0 Å². The molecule has 0 aromatic heterocycles. The second-order valence-corrected chi connectivity index (χ2v) is 2.54. The minimum Gasteiger partial charge on any atom is -0.0876 e. The Hall–Kier alpha value is -0.690. The summed E-state index contributed by atoms with van der Waals surface area (Å²) in [4.78, 5) is 2.75. The maximum absolute atomic E-state index is 8.03. The molecule has 1 aliphatic rings. The van der Waals surface area contributed by atoms with Gasteiger partial charge in [-0.3, -0.25) is 0 Å². The Kier molecular flexibility index (Phi) is 1.14. The lowest BCUT2D eigenvalue weighted by molar-refractivity contribution is 0.276. The number of hydrogen-bond acceptors (Lipinski definition) is 1. The van der Waals surface area contributed by atoms with Crippen LogP contribution in [0.1, 0.15) is 26.2 Å². The van der Waals surface area contributed by atoms with Crippen molar-refractivity contribution in [3.63, 3.8) is 0 Å². The van der Waals surface area contributed by atoms with Gasteiger partial charge in [-0.15, -0.1) is 0 Å². The minimum absolute atomic E-state index is 0.0191. The van der Waals surface area contributed by atoms with Crippen molar-refractivity contribution in [3.05, 3.63) is 10.4 Å². The van der Waals surface area contributed by atoms with Crippen LogP contribution in [0.25, 0.3) is 10.4 Å². The third-order valence-electron chi connectivity index (χ3n) is 1.72. The average molecular weight is 111 g/mol. The van der Waals surface area contributed by atoms with Crippen molar-refractivity contribution in [1.29, 1.82) is 0 Å². The number of nitrogens with zero attached hydrogens (tertiary/aromatic N) is 3. The van der Waals surface area contributed by atoms with Gasteiger partial charge in [-0.05, 0) is 18.4 Å². The van der Waals surface area contributed by atoms with Crippen LogP contribution in [0.15, 0.2) is 5.11 Å². The van der Waals surface area contributed by atoms with Gasteiger partial charge in [0.2, 0.25) is 0 Å². The second-order valence-electron chi connectivity index (χ2n) is 2.54. The Morgan fingerprint density at radius 2 is 2.25 bits per heavy atom. The van der Waals surface area contributed by atoms with E-state index in [-0.39, 0.29) is 5.54 Å². The summed E-state index contributed by atoms with van der Waals surface area (Å²) in [6.45, 7) is 2.00. The molecule has 0 atom stereocenters. The SMILES string of the molecule is CC1(N=[N+]=[N-])CCC1. The Labute approximate surface area is 48.3 Å². The zero-order valence-corrected chi connectivity index (χ0v) is 4.96. The minimum atomic E-state index is -0.0191. The number of rotatable bonds is 1. The van der Waals surface area contributed by atoms with Gasteiger partial charge in [0.15, 0.2) is 0 Å². The highest BCUT2D eigenvalue weighted by Gasteiger charge is 2.29. The van der Waals surface area contributed by atoms with Crippen molar-refractivity contribution in [2.45, 2.75) is 31.7 Å². The standard InChI is InChI=1S/C5H9N3/c1-5(7-8-6)3-2-4-5/h2-4H2,1H3. The van der Waals surface area contributed by atoms with E-state index in [1.54, 1.807) is 0 Å². The van der Waals surface area contributed by atoms with Crippen molar-refractivity contribution in [1.82, 2.24) is 0 Å². The largest absolute Gasteiger partial charge is 0.0876 e. The van der Waals surface area contributed by atoms with Crippen LogP contribution in [-0.2, 0) is 0 Å². The lowest BCUT2D eigenvalue weighted by Gasteiger charge is -2.32.